The smallest absolute Gasteiger partial charge is 0.258 e. The zero-order chi connectivity index (χ0) is 17.0. The highest BCUT2D eigenvalue weighted by Gasteiger charge is 2.23. The van der Waals surface area contributed by atoms with E-state index in [1.807, 2.05) is 25.5 Å². The number of hydrogen-bond acceptors (Lipinski definition) is 2. The topological polar surface area (TPSA) is 38.1 Å². The molecule has 0 saturated heterocycles. The molecule has 1 heterocycles. The van der Waals surface area contributed by atoms with E-state index in [-0.39, 0.29) is 11.7 Å². The third kappa shape index (κ3) is 3.67. The fourth-order valence-corrected chi connectivity index (χ4v) is 2.66. The number of nitrogens with zero attached hydrogens (tertiary/aromatic N) is 3. The Morgan fingerprint density at radius 1 is 1.35 bits per heavy atom. The van der Waals surface area contributed by atoms with Crippen LogP contribution in [-0.4, -0.2) is 27.1 Å². The van der Waals surface area contributed by atoms with Crippen molar-refractivity contribution in [1.82, 2.24) is 14.7 Å². The molecule has 2 rings (SSSR count). The molecule has 122 valence electrons. The van der Waals surface area contributed by atoms with Crippen molar-refractivity contribution in [2.24, 2.45) is 0 Å². The van der Waals surface area contributed by atoms with Crippen molar-refractivity contribution in [2.45, 2.75) is 33.9 Å². The van der Waals surface area contributed by atoms with Gasteiger partial charge in [-0.2, -0.15) is 5.10 Å². The Balaban J connectivity index is 2.30. The number of hydrogen-bond donors (Lipinski definition) is 0. The van der Waals surface area contributed by atoms with Gasteiger partial charge in [0, 0.05) is 25.3 Å². The number of aromatic nitrogens is 2. The van der Waals surface area contributed by atoms with Gasteiger partial charge in [0.25, 0.3) is 5.91 Å². The zero-order valence-corrected chi connectivity index (χ0v) is 13.8. The predicted octanol–water partition coefficient (Wildman–Crippen LogP) is 3.49. The van der Waals surface area contributed by atoms with Crippen LogP contribution in [0.3, 0.4) is 0 Å². The zero-order valence-electron chi connectivity index (χ0n) is 13.8. The lowest BCUT2D eigenvalue weighted by molar-refractivity contribution is 0.0761. The second-order valence-corrected chi connectivity index (χ2v) is 5.46. The minimum atomic E-state index is -0.286. The number of carbonyl (C=O) groups is 1. The summed E-state index contributed by atoms with van der Waals surface area (Å²) in [5.41, 5.74) is 3.10. The minimum absolute atomic E-state index is 0.0797. The number of carbonyl (C=O) groups excluding carboxylic acids is 1. The molecule has 4 nitrogen and oxygen atoms in total. The maximum Gasteiger partial charge on any atom is 0.258 e. The van der Waals surface area contributed by atoms with Gasteiger partial charge in [0.05, 0.1) is 11.3 Å². The summed E-state index contributed by atoms with van der Waals surface area (Å²) in [6.07, 6.45) is 1.69. The summed E-state index contributed by atoms with van der Waals surface area (Å²) in [6, 6.07) is 6.18. The Morgan fingerprint density at radius 2 is 2.00 bits per heavy atom. The van der Waals surface area contributed by atoms with E-state index in [1.165, 1.54) is 12.1 Å². The number of rotatable bonds is 6. The maximum absolute atomic E-state index is 13.0. The Hall–Kier alpha value is -2.43. The van der Waals surface area contributed by atoms with Crippen LogP contribution in [0.25, 0.3) is 0 Å². The van der Waals surface area contributed by atoms with Gasteiger partial charge in [0.2, 0.25) is 0 Å². The van der Waals surface area contributed by atoms with Crippen LogP contribution >= 0.6 is 0 Å². The van der Waals surface area contributed by atoms with Gasteiger partial charge in [-0.1, -0.05) is 18.2 Å². The first-order chi connectivity index (χ1) is 11.0. The fraction of sp³-hybridized carbons (Fsp3) is 0.333. The van der Waals surface area contributed by atoms with Gasteiger partial charge in [-0.3, -0.25) is 9.48 Å². The Labute approximate surface area is 136 Å². The second kappa shape index (κ2) is 7.22. The van der Waals surface area contributed by atoms with Gasteiger partial charge < -0.3 is 4.90 Å². The molecular weight excluding hydrogens is 293 g/mol. The monoisotopic (exact) mass is 315 g/mol. The van der Waals surface area contributed by atoms with Crippen LogP contribution in [0.15, 0.2) is 36.9 Å². The van der Waals surface area contributed by atoms with Crippen molar-refractivity contribution >= 4 is 5.91 Å². The molecule has 1 aromatic carbocycles. The highest BCUT2D eigenvalue weighted by Crippen LogP contribution is 2.17. The van der Waals surface area contributed by atoms with Crippen LogP contribution in [0.1, 0.15) is 34.2 Å². The highest BCUT2D eigenvalue weighted by molar-refractivity contribution is 5.96. The molecule has 0 spiro atoms. The number of aryl methyl sites for hydroxylation is 2. The van der Waals surface area contributed by atoms with E-state index in [9.17, 15) is 9.18 Å². The Bertz CT molecular complexity index is 704. The first-order valence-corrected chi connectivity index (χ1v) is 7.66. The third-order valence-corrected chi connectivity index (χ3v) is 3.82. The number of halogens is 1. The van der Waals surface area contributed by atoms with E-state index < -0.39 is 0 Å². The third-order valence-electron chi connectivity index (χ3n) is 3.82. The molecule has 5 heteroatoms. The molecule has 0 aliphatic rings. The Morgan fingerprint density at radius 3 is 2.52 bits per heavy atom. The summed E-state index contributed by atoms with van der Waals surface area (Å²) in [4.78, 5) is 14.6. The van der Waals surface area contributed by atoms with E-state index in [0.717, 1.165) is 23.5 Å². The molecule has 0 atom stereocenters. The van der Waals surface area contributed by atoms with Crippen molar-refractivity contribution in [3.63, 3.8) is 0 Å². The molecule has 1 amide bonds. The number of amides is 1. The van der Waals surface area contributed by atoms with Crippen LogP contribution in [0, 0.1) is 19.7 Å². The summed E-state index contributed by atoms with van der Waals surface area (Å²) in [6.45, 7) is 11.0. The fourth-order valence-electron chi connectivity index (χ4n) is 2.66. The van der Waals surface area contributed by atoms with E-state index in [4.69, 9.17) is 0 Å². The van der Waals surface area contributed by atoms with Crippen molar-refractivity contribution in [3.8, 4) is 0 Å². The molecule has 0 saturated carbocycles. The van der Waals surface area contributed by atoms with Crippen LogP contribution in [0.4, 0.5) is 4.39 Å². The van der Waals surface area contributed by atoms with Gasteiger partial charge in [-0.25, -0.2) is 4.39 Å². The van der Waals surface area contributed by atoms with Crippen LogP contribution in [0.2, 0.25) is 0 Å². The lowest BCUT2D eigenvalue weighted by Gasteiger charge is -2.21. The lowest BCUT2D eigenvalue weighted by Crippen LogP contribution is -2.31. The molecule has 23 heavy (non-hydrogen) atoms. The van der Waals surface area contributed by atoms with Gasteiger partial charge in [0.15, 0.2) is 0 Å². The van der Waals surface area contributed by atoms with Gasteiger partial charge >= 0.3 is 0 Å². The normalized spacial score (nSPS) is 10.6. The van der Waals surface area contributed by atoms with Crippen LogP contribution in [-0.2, 0) is 13.1 Å². The second-order valence-electron chi connectivity index (χ2n) is 5.46. The molecule has 0 fully saturated rings. The first-order valence-electron chi connectivity index (χ1n) is 7.66. The van der Waals surface area contributed by atoms with Crippen LogP contribution in [0.5, 0.6) is 0 Å². The highest BCUT2D eigenvalue weighted by atomic mass is 19.1. The number of benzene rings is 1. The molecule has 1 aromatic heterocycles. The molecule has 0 unspecified atom stereocenters. The standard InChI is InChI=1S/C18H22FN3O/c1-5-11-21(12-15-7-9-16(19)10-8-15)18(23)17-13(3)20-22(6-2)14(17)4/h5,7-10H,1,6,11-12H2,2-4H3. The lowest BCUT2D eigenvalue weighted by atomic mass is 10.1. The predicted molar refractivity (Wildman–Crippen MR) is 88.7 cm³/mol. The van der Waals surface area contributed by atoms with Crippen molar-refractivity contribution < 1.29 is 9.18 Å². The summed E-state index contributed by atoms with van der Waals surface area (Å²) in [5, 5.41) is 4.40. The van der Waals surface area contributed by atoms with E-state index >= 15 is 0 Å². The maximum atomic E-state index is 13.0. The molecule has 0 aliphatic carbocycles. The van der Waals surface area contributed by atoms with Crippen molar-refractivity contribution in [3.05, 3.63) is 65.3 Å². The summed E-state index contributed by atoms with van der Waals surface area (Å²) >= 11 is 0. The molecule has 0 N–H and O–H groups in total. The van der Waals surface area contributed by atoms with E-state index in [1.54, 1.807) is 23.1 Å². The largest absolute Gasteiger partial charge is 0.330 e. The SMILES string of the molecule is C=CCN(Cc1ccc(F)cc1)C(=O)c1c(C)nn(CC)c1C. The summed E-state index contributed by atoms with van der Waals surface area (Å²) < 4.78 is 14.9. The van der Waals surface area contributed by atoms with Gasteiger partial charge in [-0.15, -0.1) is 6.58 Å². The summed E-state index contributed by atoms with van der Waals surface area (Å²) in [7, 11) is 0. The van der Waals surface area contributed by atoms with E-state index in [0.29, 0.717) is 18.7 Å². The van der Waals surface area contributed by atoms with Gasteiger partial charge in [-0.05, 0) is 38.5 Å². The first kappa shape index (κ1) is 16.9. The van der Waals surface area contributed by atoms with Gasteiger partial charge in [0.1, 0.15) is 5.82 Å². The molecule has 0 bridgehead atoms. The molecule has 0 aliphatic heterocycles. The van der Waals surface area contributed by atoms with Crippen molar-refractivity contribution in [2.75, 3.05) is 6.54 Å². The average molecular weight is 315 g/mol. The molecule has 2 aromatic rings. The average Bonchev–Trinajstić information content (AvgIpc) is 2.82. The Kier molecular flexibility index (Phi) is 5.32. The summed E-state index contributed by atoms with van der Waals surface area (Å²) in [5.74, 6) is -0.366. The molecule has 0 radical (unpaired) electrons. The van der Waals surface area contributed by atoms with E-state index in [2.05, 4.69) is 11.7 Å². The minimum Gasteiger partial charge on any atom is -0.330 e. The quantitative estimate of drug-likeness (QED) is 0.765. The van der Waals surface area contributed by atoms with Crippen LogP contribution < -0.4 is 0 Å². The molecular formula is C18H22FN3O. The van der Waals surface area contributed by atoms with Crippen molar-refractivity contribution in [1.29, 1.82) is 0 Å².